The average molecular weight is 461 g/mol. The summed E-state index contributed by atoms with van der Waals surface area (Å²) in [5.41, 5.74) is 0.895. The molecular formula is C23H22ClFN2O5. The molecule has 2 aromatic carbocycles. The van der Waals surface area contributed by atoms with Crippen molar-refractivity contribution in [1.82, 2.24) is 9.88 Å². The fourth-order valence-electron chi connectivity index (χ4n) is 3.78. The Balaban J connectivity index is 1.60. The van der Waals surface area contributed by atoms with Gasteiger partial charge in [-0.25, -0.2) is 4.39 Å². The summed E-state index contributed by atoms with van der Waals surface area (Å²) in [7, 11) is 0. The van der Waals surface area contributed by atoms with E-state index in [4.69, 9.17) is 21.1 Å². The third-order valence-electron chi connectivity index (χ3n) is 5.41. The molecule has 7 nitrogen and oxygen atoms in total. The first kappa shape index (κ1) is 22.3. The zero-order valence-electron chi connectivity index (χ0n) is 17.3. The minimum absolute atomic E-state index is 0.160. The molecule has 4 rings (SSSR count). The molecule has 1 fully saturated rings. The van der Waals surface area contributed by atoms with Crippen LogP contribution < -0.4 is 10.3 Å². The van der Waals surface area contributed by atoms with Gasteiger partial charge in [0.2, 0.25) is 0 Å². The van der Waals surface area contributed by atoms with Crippen LogP contribution in [-0.4, -0.2) is 59.4 Å². The number of aromatic nitrogens is 1. The van der Waals surface area contributed by atoms with E-state index in [9.17, 15) is 19.1 Å². The van der Waals surface area contributed by atoms with E-state index in [1.807, 2.05) is 0 Å². The third kappa shape index (κ3) is 4.48. The van der Waals surface area contributed by atoms with E-state index >= 15 is 0 Å². The van der Waals surface area contributed by atoms with Gasteiger partial charge in [0.15, 0.2) is 6.10 Å². The fraction of sp³-hybridized carbons (Fsp3) is 0.304. The third-order valence-corrected chi connectivity index (χ3v) is 5.72. The van der Waals surface area contributed by atoms with Crippen molar-refractivity contribution in [3.63, 3.8) is 0 Å². The predicted molar refractivity (Wildman–Crippen MR) is 118 cm³/mol. The van der Waals surface area contributed by atoms with Crippen LogP contribution >= 0.6 is 11.6 Å². The second kappa shape index (κ2) is 9.28. The molecule has 1 aromatic heterocycles. The van der Waals surface area contributed by atoms with Crippen molar-refractivity contribution in [3.8, 4) is 16.9 Å². The number of hydrogen-bond donors (Lipinski definition) is 2. The molecule has 2 heterocycles. The maximum absolute atomic E-state index is 13.4. The second-order valence-corrected chi connectivity index (χ2v) is 7.99. The van der Waals surface area contributed by atoms with Crippen LogP contribution in [0.5, 0.6) is 5.75 Å². The van der Waals surface area contributed by atoms with Crippen molar-refractivity contribution in [2.24, 2.45) is 0 Å². The Labute approximate surface area is 188 Å². The number of pyridine rings is 1. The Kier molecular flexibility index (Phi) is 6.45. The average Bonchev–Trinajstić information content (AvgIpc) is 2.79. The van der Waals surface area contributed by atoms with E-state index in [-0.39, 0.29) is 23.1 Å². The number of hydrogen-bond acceptors (Lipinski definition) is 5. The van der Waals surface area contributed by atoms with Crippen molar-refractivity contribution < 1.29 is 23.8 Å². The van der Waals surface area contributed by atoms with Crippen molar-refractivity contribution in [3.05, 3.63) is 63.8 Å². The predicted octanol–water partition coefficient (Wildman–Crippen LogP) is 2.97. The number of aromatic amines is 1. The van der Waals surface area contributed by atoms with Gasteiger partial charge < -0.3 is 24.5 Å². The first-order valence-corrected chi connectivity index (χ1v) is 10.5. The number of aliphatic hydroxyl groups is 1. The Bertz CT molecular complexity index is 1210. The van der Waals surface area contributed by atoms with Gasteiger partial charge in [0.25, 0.3) is 11.5 Å². The van der Waals surface area contributed by atoms with Crippen LogP contribution in [-0.2, 0) is 9.53 Å². The number of carbonyl (C=O) groups excluding carboxylic acids is 1. The molecule has 0 saturated carbocycles. The number of rotatable bonds is 5. The molecule has 0 bridgehead atoms. The van der Waals surface area contributed by atoms with Gasteiger partial charge in [-0.05, 0) is 48.7 Å². The topological polar surface area (TPSA) is 91.9 Å². The monoisotopic (exact) mass is 460 g/mol. The summed E-state index contributed by atoms with van der Waals surface area (Å²) in [6.45, 7) is 2.54. The smallest absolute Gasteiger partial charge is 0.263 e. The first-order chi connectivity index (χ1) is 15.4. The van der Waals surface area contributed by atoms with Gasteiger partial charge in [-0.15, -0.1) is 0 Å². The van der Waals surface area contributed by atoms with E-state index in [2.05, 4.69) is 4.98 Å². The number of H-pyrrole nitrogens is 1. The number of benzene rings is 2. The lowest BCUT2D eigenvalue weighted by molar-refractivity contribution is -0.146. The van der Waals surface area contributed by atoms with Crippen LogP contribution in [0.2, 0.25) is 5.02 Å². The molecule has 0 aliphatic carbocycles. The lowest BCUT2D eigenvalue weighted by Crippen LogP contribution is -2.50. The first-order valence-electron chi connectivity index (χ1n) is 10.2. The molecule has 3 aromatic rings. The minimum atomic E-state index is -0.793. The number of amides is 1. The van der Waals surface area contributed by atoms with Crippen LogP contribution in [0.15, 0.2) is 47.4 Å². The van der Waals surface area contributed by atoms with Gasteiger partial charge >= 0.3 is 0 Å². The van der Waals surface area contributed by atoms with Crippen LogP contribution in [0.4, 0.5) is 4.39 Å². The summed E-state index contributed by atoms with van der Waals surface area (Å²) in [6, 6.07) is 9.01. The lowest BCUT2D eigenvalue weighted by atomic mass is 10.0. The molecule has 2 atom stereocenters. The molecule has 9 heteroatoms. The van der Waals surface area contributed by atoms with E-state index < -0.39 is 18.0 Å². The summed E-state index contributed by atoms with van der Waals surface area (Å²) >= 11 is 6.21. The molecule has 2 N–H and O–H groups in total. The summed E-state index contributed by atoms with van der Waals surface area (Å²) in [5.74, 6) is -0.321. The zero-order valence-corrected chi connectivity index (χ0v) is 18.1. The van der Waals surface area contributed by atoms with Crippen LogP contribution in [0.3, 0.4) is 0 Å². The molecule has 168 valence electrons. The molecular weight excluding hydrogens is 439 g/mol. The normalized spacial score (nSPS) is 17.4. The Morgan fingerprint density at radius 1 is 1.31 bits per heavy atom. The van der Waals surface area contributed by atoms with Crippen molar-refractivity contribution >= 4 is 28.3 Å². The number of aliphatic hydroxyl groups excluding tert-OH is 1. The van der Waals surface area contributed by atoms with Gasteiger partial charge in [0, 0.05) is 30.4 Å². The van der Waals surface area contributed by atoms with E-state index in [1.54, 1.807) is 36.1 Å². The summed E-state index contributed by atoms with van der Waals surface area (Å²) in [4.78, 5) is 29.5. The molecule has 1 aliphatic heterocycles. The van der Waals surface area contributed by atoms with E-state index in [0.29, 0.717) is 47.3 Å². The molecule has 1 amide bonds. The Morgan fingerprint density at radius 2 is 2.12 bits per heavy atom. The highest BCUT2D eigenvalue weighted by Gasteiger charge is 2.28. The van der Waals surface area contributed by atoms with E-state index in [0.717, 1.165) is 0 Å². The van der Waals surface area contributed by atoms with E-state index in [1.165, 1.54) is 18.3 Å². The molecule has 0 unspecified atom stereocenters. The lowest BCUT2D eigenvalue weighted by Gasteiger charge is -2.33. The fourth-order valence-corrected chi connectivity index (χ4v) is 4.05. The maximum atomic E-state index is 13.4. The van der Waals surface area contributed by atoms with Crippen LogP contribution in [0.1, 0.15) is 6.92 Å². The van der Waals surface area contributed by atoms with Crippen molar-refractivity contribution in [2.75, 3.05) is 26.3 Å². The molecule has 32 heavy (non-hydrogen) atoms. The van der Waals surface area contributed by atoms with Crippen LogP contribution in [0.25, 0.3) is 21.9 Å². The molecule has 1 aliphatic rings. The highest BCUT2D eigenvalue weighted by atomic mass is 35.5. The quantitative estimate of drug-likeness (QED) is 0.610. The molecule has 0 radical (unpaired) electrons. The van der Waals surface area contributed by atoms with Crippen LogP contribution in [0, 0.1) is 5.82 Å². The SMILES string of the molecule is C[C@@H](Oc1ccc2c(-c3ccc(F)cc3Cl)c[nH]c(=O)c2c1)C(=O)N1CCO[C@H](CO)C1. The number of ether oxygens (including phenoxy) is 2. The summed E-state index contributed by atoms with van der Waals surface area (Å²) < 4.78 is 24.6. The van der Waals surface area contributed by atoms with Gasteiger partial charge in [-0.2, -0.15) is 0 Å². The minimum Gasteiger partial charge on any atom is -0.481 e. The van der Waals surface area contributed by atoms with Gasteiger partial charge in [-0.1, -0.05) is 11.6 Å². The molecule has 0 spiro atoms. The Hall–Kier alpha value is -2.94. The van der Waals surface area contributed by atoms with Gasteiger partial charge in [-0.3, -0.25) is 9.59 Å². The largest absolute Gasteiger partial charge is 0.481 e. The van der Waals surface area contributed by atoms with Gasteiger partial charge in [0.1, 0.15) is 11.6 Å². The number of carbonyl (C=O) groups is 1. The number of nitrogens with zero attached hydrogens (tertiary/aromatic N) is 1. The number of nitrogens with one attached hydrogen (secondary N) is 1. The zero-order chi connectivity index (χ0) is 22.8. The highest BCUT2D eigenvalue weighted by molar-refractivity contribution is 6.33. The highest BCUT2D eigenvalue weighted by Crippen LogP contribution is 2.33. The number of fused-ring (bicyclic) bond motifs is 1. The summed E-state index contributed by atoms with van der Waals surface area (Å²) in [6.07, 6.45) is 0.335. The summed E-state index contributed by atoms with van der Waals surface area (Å²) in [5, 5.41) is 10.5. The van der Waals surface area contributed by atoms with Crippen molar-refractivity contribution in [2.45, 2.75) is 19.1 Å². The second-order valence-electron chi connectivity index (χ2n) is 7.58. The maximum Gasteiger partial charge on any atom is 0.263 e. The number of halogens is 2. The number of morpholine rings is 1. The Morgan fingerprint density at radius 3 is 2.88 bits per heavy atom. The van der Waals surface area contributed by atoms with Gasteiger partial charge in [0.05, 0.1) is 29.7 Å². The van der Waals surface area contributed by atoms with Crippen molar-refractivity contribution in [1.29, 1.82) is 0 Å². The molecule has 1 saturated heterocycles. The standard InChI is InChI=1S/C23H22ClFN2O5/c1-13(23(30)27-6-7-31-16(11-27)12-28)32-15-3-5-17-19(9-15)22(29)26-10-20(17)18-4-2-14(25)8-21(18)24/h2-5,8-10,13,16,28H,6-7,11-12H2,1H3,(H,26,29)/t13-,16+/m1/s1.